The molecule has 0 unspecified atom stereocenters. The van der Waals surface area contributed by atoms with Crippen molar-refractivity contribution in [2.75, 3.05) is 6.54 Å². The standard InChI is InChI=1S/C28H43N3O4/c1-18(2)13-25(32)27(34)24(14-20-9-5-4-6-10-20)31-28(35)19(3)17-29-26(33)16-22-15-21-11-7-8-12-23(21)30-22/h7-8,11-12,15,18-20,24-25,27,30,32,34H,4-6,9-10,13-14,16-17H2,1-3H3,(H,29,33)(H,31,35)/t19-,24-,25-,27+/m0/s1. The Morgan fingerprint density at radius 2 is 1.80 bits per heavy atom. The molecule has 0 bridgehead atoms. The van der Waals surface area contributed by atoms with Crippen LogP contribution in [0.5, 0.6) is 0 Å². The Morgan fingerprint density at radius 3 is 2.49 bits per heavy atom. The van der Waals surface area contributed by atoms with E-state index in [4.69, 9.17) is 0 Å². The van der Waals surface area contributed by atoms with E-state index < -0.39 is 24.2 Å². The molecule has 1 heterocycles. The highest BCUT2D eigenvalue weighted by molar-refractivity contribution is 5.84. The summed E-state index contributed by atoms with van der Waals surface area (Å²) in [6.07, 6.45) is 5.26. The average molecular weight is 486 g/mol. The monoisotopic (exact) mass is 485 g/mol. The molecule has 35 heavy (non-hydrogen) atoms. The van der Waals surface area contributed by atoms with Crippen molar-refractivity contribution in [3.05, 3.63) is 36.0 Å². The molecule has 1 aromatic carbocycles. The Balaban J connectivity index is 1.52. The largest absolute Gasteiger partial charge is 0.390 e. The predicted octanol–water partition coefficient (Wildman–Crippen LogP) is 3.69. The van der Waals surface area contributed by atoms with Gasteiger partial charge in [0.15, 0.2) is 0 Å². The van der Waals surface area contributed by atoms with Crippen molar-refractivity contribution in [1.82, 2.24) is 15.6 Å². The number of nitrogens with one attached hydrogen (secondary N) is 3. The normalized spacial score (nSPS) is 18.2. The molecule has 0 aliphatic heterocycles. The molecule has 7 nitrogen and oxygen atoms in total. The first-order valence-corrected chi connectivity index (χ1v) is 13.2. The number of carbonyl (C=O) groups is 2. The third kappa shape index (κ3) is 8.36. The van der Waals surface area contributed by atoms with Crippen LogP contribution in [0.4, 0.5) is 0 Å². The van der Waals surface area contributed by atoms with E-state index in [1.807, 2.05) is 44.2 Å². The van der Waals surface area contributed by atoms with Gasteiger partial charge in [-0.2, -0.15) is 0 Å². The zero-order valence-corrected chi connectivity index (χ0v) is 21.4. The zero-order valence-electron chi connectivity index (χ0n) is 21.4. The van der Waals surface area contributed by atoms with E-state index >= 15 is 0 Å². The second-order valence-electron chi connectivity index (χ2n) is 10.8. The minimum Gasteiger partial charge on any atom is -0.390 e. The molecule has 1 aromatic heterocycles. The number of aromatic nitrogens is 1. The Morgan fingerprint density at radius 1 is 1.09 bits per heavy atom. The molecule has 2 aromatic rings. The number of carbonyl (C=O) groups excluding carboxylic acids is 2. The van der Waals surface area contributed by atoms with E-state index in [0.29, 0.717) is 18.8 Å². The number of para-hydroxylation sites is 1. The van der Waals surface area contributed by atoms with Crippen LogP contribution in [0.15, 0.2) is 30.3 Å². The summed E-state index contributed by atoms with van der Waals surface area (Å²) in [4.78, 5) is 28.7. The molecule has 1 aliphatic rings. The maximum Gasteiger partial charge on any atom is 0.225 e. The number of aliphatic hydroxyl groups is 2. The van der Waals surface area contributed by atoms with Crippen LogP contribution in [0.3, 0.4) is 0 Å². The van der Waals surface area contributed by atoms with Crippen molar-refractivity contribution in [1.29, 1.82) is 0 Å². The van der Waals surface area contributed by atoms with Gasteiger partial charge in [0.2, 0.25) is 11.8 Å². The number of hydrogen-bond acceptors (Lipinski definition) is 4. The Kier molecular flexibility index (Phi) is 10.2. The van der Waals surface area contributed by atoms with Crippen LogP contribution in [-0.4, -0.2) is 51.8 Å². The molecule has 0 saturated heterocycles. The van der Waals surface area contributed by atoms with Gasteiger partial charge in [-0.1, -0.05) is 71.1 Å². The Labute approximate surface area is 209 Å². The van der Waals surface area contributed by atoms with Crippen LogP contribution in [0.2, 0.25) is 0 Å². The van der Waals surface area contributed by atoms with E-state index in [9.17, 15) is 19.8 Å². The number of benzene rings is 1. The van der Waals surface area contributed by atoms with Crippen molar-refractivity contribution in [2.24, 2.45) is 17.8 Å². The van der Waals surface area contributed by atoms with Gasteiger partial charge in [0.25, 0.3) is 0 Å². The van der Waals surface area contributed by atoms with Crippen LogP contribution in [0.25, 0.3) is 10.9 Å². The van der Waals surface area contributed by atoms with Gasteiger partial charge in [-0.05, 0) is 42.2 Å². The van der Waals surface area contributed by atoms with Gasteiger partial charge in [0.1, 0.15) is 6.10 Å². The van der Waals surface area contributed by atoms with Gasteiger partial charge in [0.05, 0.1) is 24.5 Å². The van der Waals surface area contributed by atoms with Crippen molar-refractivity contribution in [3.63, 3.8) is 0 Å². The van der Waals surface area contributed by atoms with Gasteiger partial charge < -0.3 is 25.8 Å². The lowest BCUT2D eigenvalue weighted by atomic mass is 9.82. The summed E-state index contributed by atoms with van der Waals surface area (Å²) in [7, 11) is 0. The fourth-order valence-corrected chi connectivity index (χ4v) is 5.11. The number of fused-ring (bicyclic) bond motifs is 1. The van der Waals surface area contributed by atoms with E-state index in [1.54, 1.807) is 6.92 Å². The van der Waals surface area contributed by atoms with E-state index in [-0.39, 0.29) is 30.7 Å². The average Bonchev–Trinajstić information content (AvgIpc) is 3.24. The molecule has 194 valence electrons. The molecule has 0 radical (unpaired) electrons. The van der Waals surface area contributed by atoms with Gasteiger partial charge in [-0.15, -0.1) is 0 Å². The predicted molar refractivity (Wildman–Crippen MR) is 139 cm³/mol. The smallest absolute Gasteiger partial charge is 0.225 e. The number of H-pyrrole nitrogens is 1. The first-order chi connectivity index (χ1) is 16.7. The molecular weight excluding hydrogens is 442 g/mol. The topological polar surface area (TPSA) is 114 Å². The van der Waals surface area contributed by atoms with Gasteiger partial charge in [-0.3, -0.25) is 9.59 Å². The highest BCUT2D eigenvalue weighted by atomic mass is 16.3. The lowest BCUT2D eigenvalue weighted by Crippen LogP contribution is -2.52. The lowest BCUT2D eigenvalue weighted by Gasteiger charge is -2.33. The minimum atomic E-state index is -1.01. The van der Waals surface area contributed by atoms with Crippen LogP contribution >= 0.6 is 0 Å². The zero-order chi connectivity index (χ0) is 25.4. The second-order valence-corrected chi connectivity index (χ2v) is 10.8. The molecule has 3 rings (SSSR count). The summed E-state index contributed by atoms with van der Waals surface area (Å²) in [6.45, 7) is 6.00. The quantitative estimate of drug-likeness (QED) is 0.315. The first kappa shape index (κ1) is 27.2. The lowest BCUT2D eigenvalue weighted by molar-refractivity contribution is -0.127. The van der Waals surface area contributed by atoms with Crippen LogP contribution in [-0.2, 0) is 16.0 Å². The summed E-state index contributed by atoms with van der Waals surface area (Å²) < 4.78 is 0. The third-order valence-corrected chi connectivity index (χ3v) is 7.15. The Hall–Kier alpha value is -2.38. The highest BCUT2D eigenvalue weighted by Crippen LogP contribution is 2.29. The SMILES string of the molecule is CC(C)C[C@H](O)[C@H](O)[C@H](CC1CCCCC1)NC(=O)[C@@H](C)CNC(=O)Cc1cc2ccccc2[nH]1. The molecule has 1 aliphatic carbocycles. The number of amides is 2. The molecule has 0 spiro atoms. The summed E-state index contributed by atoms with van der Waals surface area (Å²) in [5.41, 5.74) is 1.82. The van der Waals surface area contributed by atoms with Crippen molar-refractivity contribution in [3.8, 4) is 0 Å². The molecular formula is C28H43N3O4. The number of aromatic amines is 1. The van der Waals surface area contributed by atoms with Crippen LogP contribution < -0.4 is 10.6 Å². The summed E-state index contributed by atoms with van der Waals surface area (Å²) in [6, 6.07) is 9.34. The second kappa shape index (κ2) is 13.1. The number of hydrogen-bond donors (Lipinski definition) is 5. The highest BCUT2D eigenvalue weighted by Gasteiger charge is 2.32. The molecule has 1 fully saturated rings. The van der Waals surface area contributed by atoms with Crippen LogP contribution in [0, 0.1) is 17.8 Å². The molecule has 4 atom stereocenters. The summed E-state index contributed by atoms with van der Waals surface area (Å²) >= 11 is 0. The Bertz CT molecular complexity index is 918. The summed E-state index contributed by atoms with van der Waals surface area (Å²) in [5, 5.41) is 28.4. The van der Waals surface area contributed by atoms with Gasteiger partial charge in [0, 0.05) is 17.8 Å². The number of aliphatic hydroxyl groups excluding tert-OH is 2. The van der Waals surface area contributed by atoms with Gasteiger partial charge >= 0.3 is 0 Å². The fraction of sp³-hybridized carbons (Fsp3) is 0.643. The van der Waals surface area contributed by atoms with E-state index in [2.05, 4.69) is 15.6 Å². The van der Waals surface area contributed by atoms with E-state index in [1.165, 1.54) is 19.3 Å². The maximum absolute atomic E-state index is 13.0. The maximum atomic E-state index is 13.0. The molecule has 2 amide bonds. The van der Waals surface area contributed by atoms with Crippen molar-refractivity contribution >= 4 is 22.7 Å². The van der Waals surface area contributed by atoms with E-state index in [0.717, 1.165) is 29.4 Å². The third-order valence-electron chi connectivity index (χ3n) is 7.15. The van der Waals surface area contributed by atoms with Crippen molar-refractivity contribution < 1.29 is 19.8 Å². The van der Waals surface area contributed by atoms with Crippen molar-refractivity contribution in [2.45, 2.75) is 90.4 Å². The fourth-order valence-electron chi connectivity index (χ4n) is 5.11. The summed E-state index contributed by atoms with van der Waals surface area (Å²) in [5.74, 6) is -0.127. The minimum absolute atomic E-state index is 0.151. The van der Waals surface area contributed by atoms with Crippen LogP contribution in [0.1, 0.15) is 71.4 Å². The number of rotatable bonds is 12. The molecule has 5 N–H and O–H groups in total. The molecule has 1 saturated carbocycles. The van der Waals surface area contributed by atoms with Gasteiger partial charge in [-0.25, -0.2) is 0 Å². The molecule has 7 heteroatoms. The first-order valence-electron chi connectivity index (χ1n) is 13.2.